The number of para-hydroxylation sites is 1. The average Bonchev–Trinajstić information content (AvgIpc) is 2.76. The molecule has 1 aromatic heterocycles. The van der Waals surface area contributed by atoms with E-state index in [1.54, 1.807) is 24.4 Å². The molecule has 1 aliphatic rings. The number of piperidine rings is 1. The highest BCUT2D eigenvalue weighted by Crippen LogP contribution is 2.41. The van der Waals surface area contributed by atoms with E-state index in [-0.39, 0.29) is 29.4 Å². The van der Waals surface area contributed by atoms with Gasteiger partial charge in [-0.05, 0) is 61.7 Å². The fourth-order valence-corrected chi connectivity index (χ4v) is 4.29. The first-order chi connectivity index (χ1) is 14.5. The van der Waals surface area contributed by atoms with Crippen LogP contribution in [0.4, 0.5) is 8.78 Å². The van der Waals surface area contributed by atoms with Crippen LogP contribution in [0.25, 0.3) is 0 Å². The molecule has 3 unspecified atom stereocenters. The number of ether oxygens (including phenoxy) is 1. The van der Waals surface area contributed by atoms with Crippen LogP contribution in [0, 0.1) is 11.6 Å². The number of likely N-dealkylation sites (tertiary alicyclic amines) is 1. The number of benzene rings is 2. The standard InChI is InChI=1S/C24H25F2N3O/c1-3-29-15-20(19(14-16(29)2)17-8-10-18(25)11-9-17)22-12-13-27-24(28-22)30-23-7-5-4-6-21(23)26/h4-13,16,19-20H,3,14-15H2,1-2H3. The normalized spacial score (nSPS) is 22.1. The number of likely N-dealkylation sites (N-methyl/N-ethyl adjacent to an activating group) is 1. The van der Waals surface area contributed by atoms with Gasteiger partial charge in [0.15, 0.2) is 11.6 Å². The van der Waals surface area contributed by atoms with Crippen molar-refractivity contribution in [1.82, 2.24) is 14.9 Å². The van der Waals surface area contributed by atoms with E-state index < -0.39 is 5.82 Å². The molecule has 1 saturated heterocycles. The van der Waals surface area contributed by atoms with Crippen LogP contribution >= 0.6 is 0 Å². The van der Waals surface area contributed by atoms with Crippen molar-refractivity contribution < 1.29 is 13.5 Å². The molecule has 0 radical (unpaired) electrons. The highest BCUT2D eigenvalue weighted by Gasteiger charge is 2.35. The molecule has 0 N–H and O–H groups in total. The van der Waals surface area contributed by atoms with Gasteiger partial charge in [0.2, 0.25) is 0 Å². The number of nitrogens with zero attached hydrogens (tertiary/aromatic N) is 3. The summed E-state index contributed by atoms with van der Waals surface area (Å²) in [6, 6.07) is 15.4. The van der Waals surface area contributed by atoms with Crippen molar-refractivity contribution in [2.75, 3.05) is 13.1 Å². The first kappa shape index (κ1) is 20.4. The smallest absolute Gasteiger partial charge is 0.322 e. The van der Waals surface area contributed by atoms with Gasteiger partial charge in [0.25, 0.3) is 0 Å². The topological polar surface area (TPSA) is 38.2 Å². The van der Waals surface area contributed by atoms with Crippen LogP contribution < -0.4 is 4.74 Å². The molecule has 2 heterocycles. The van der Waals surface area contributed by atoms with Crippen molar-refractivity contribution in [2.24, 2.45) is 0 Å². The van der Waals surface area contributed by atoms with Crippen LogP contribution in [-0.4, -0.2) is 34.0 Å². The summed E-state index contributed by atoms with van der Waals surface area (Å²) in [5.41, 5.74) is 1.94. The molecule has 2 aromatic carbocycles. The minimum Gasteiger partial charge on any atom is -0.421 e. The zero-order chi connectivity index (χ0) is 21.1. The van der Waals surface area contributed by atoms with Crippen LogP contribution in [0.1, 0.15) is 43.4 Å². The quantitative estimate of drug-likeness (QED) is 0.555. The van der Waals surface area contributed by atoms with E-state index in [9.17, 15) is 8.78 Å². The maximum atomic E-state index is 14.0. The second-order valence-corrected chi connectivity index (χ2v) is 7.73. The molecule has 3 atom stereocenters. The van der Waals surface area contributed by atoms with Crippen LogP contribution in [0.2, 0.25) is 0 Å². The van der Waals surface area contributed by atoms with Gasteiger partial charge in [0.1, 0.15) is 5.82 Å². The monoisotopic (exact) mass is 409 g/mol. The summed E-state index contributed by atoms with van der Waals surface area (Å²) >= 11 is 0. The molecule has 0 aliphatic carbocycles. The predicted molar refractivity (Wildman–Crippen MR) is 112 cm³/mol. The summed E-state index contributed by atoms with van der Waals surface area (Å²) in [4.78, 5) is 11.2. The van der Waals surface area contributed by atoms with Gasteiger partial charge < -0.3 is 9.64 Å². The summed E-state index contributed by atoms with van der Waals surface area (Å²) < 4.78 is 33.1. The highest BCUT2D eigenvalue weighted by atomic mass is 19.1. The van der Waals surface area contributed by atoms with Crippen molar-refractivity contribution >= 4 is 0 Å². The van der Waals surface area contributed by atoms with E-state index in [4.69, 9.17) is 4.74 Å². The molecule has 1 aliphatic heterocycles. The first-order valence-electron chi connectivity index (χ1n) is 10.3. The highest BCUT2D eigenvalue weighted by molar-refractivity contribution is 5.30. The van der Waals surface area contributed by atoms with Crippen LogP contribution in [0.5, 0.6) is 11.8 Å². The summed E-state index contributed by atoms with van der Waals surface area (Å²) in [6.45, 7) is 6.15. The third-order valence-electron chi connectivity index (χ3n) is 5.91. The van der Waals surface area contributed by atoms with Gasteiger partial charge in [0.05, 0.1) is 5.69 Å². The van der Waals surface area contributed by atoms with Crippen molar-refractivity contribution in [3.8, 4) is 11.8 Å². The Bertz CT molecular complexity index is 996. The minimum atomic E-state index is -0.459. The molecule has 156 valence electrons. The van der Waals surface area contributed by atoms with E-state index >= 15 is 0 Å². The molecule has 0 bridgehead atoms. The molecule has 1 fully saturated rings. The lowest BCUT2D eigenvalue weighted by Gasteiger charge is -2.42. The summed E-state index contributed by atoms with van der Waals surface area (Å²) in [5, 5.41) is 0. The van der Waals surface area contributed by atoms with E-state index in [0.717, 1.165) is 30.8 Å². The zero-order valence-corrected chi connectivity index (χ0v) is 17.1. The van der Waals surface area contributed by atoms with Crippen molar-refractivity contribution in [3.63, 3.8) is 0 Å². The third-order valence-corrected chi connectivity index (χ3v) is 5.91. The van der Waals surface area contributed by atoms with Crippen molar-refractivity contribution in [2.45, 2.75) is 38.1 Å². The van der Waals surface area contributed by atoms with Crippen molar-refractivity contribution in [1.29, 1.82) is 0 Å². The Morgan fingerprint density at radius 2 is 1.80 bits per heavy atom. The molecule has 30 heavy (non-hydrogen) atoms. The molecule has 0 saturated carbocycles. The maximum absolute atomic E-state index is 14.0. The van der Waals surface area contributed by atoms with Gasteiger partial charge in [-0.25, -0.2) is 13.8 Å². The SMILES string of the molecule is CCN1CC(c2ccnc(Oc3ccccc3F)n2)C(c2ccc(F)cc2)CC1C. The Morgan fingerprint density at radius 1 is 1.03 bits per heavy atom. The number of halogens is 2. The van der Waals surface area contributed by atoms with Gasteiger partial charge in [-0.2, -0.15) is 4.98 Å². The number of aromatic nitrogens is 2. The summed E-state index contributed by atoms with van der Waals surface area (Å²) in [5.74, 6) is -0.314. The fraction of sp³-hybridized carbons (Fsp3) is 0.333. The van der Waals surface area contributed by atoms with E-state index in [2.05, 4.69) is 28.7 Å². The molecule has 0 amide bonds. The molecular weight excluding hydrogens is 384 g/mol. The number of hydrogen-bond acceptors (Lipinski definition) is 4. The van der Waals surface area contributed by atoms with E-state index in [0.29, 0.717) is 6.04 Å². The Morgan fingerprint density at radius 3 is 2.53 bits per heavy atom. The molecule has 3 aromatic rings. The Labute approximate surface area is 175 Å². The first-order valence-corrected chi connectivity index (χ1v) is 10.3. The maximum Gasteiger partial charge on any atom is 0.322 e. The molecule has 6 heteroatoms. The average molecular weight is 409 g/mol. The molecule has 4 rings (SSSR count). The third kappa shape index (κ3) is 4.33. The predicted octanol–water partition coefficient (Wildman–Crippen LogP) is 5.53. The summed E-state index contributed by atoms with van der Waals surface area (Å²) in [7, 11) is 0. The van der Waals surface area contributed by atoms with E-state index in [1.165, 1.54) is 18.2 Å². The van der Waals surface area contributed by atoms with Crippen molar-refractivity contribution in [3.05, 3.63) is 83.7 Å². The zero-order valence-electron chi connectivity index (χ0n) is 17.1. The van der Waals surface area contributed by atoms with Gasteiger partial charge in [-0.15, -0.1) is 0 Å². The molecule has 4 nitrogen and oxygen atoms in total. The van der Waals surface area contributed by atoms with E-state index in [1.807, 2.05) is 18.2 Å². The van der Waals surface area contributed by atoms with Crippen LogP contribution in [0.15, 0.2) is 60.8 Å². The molecular formula is C24H25F2N3O. The number of hydrogen-bond donors (Lipinski definition) is 0. The second-order valence-electron chi connectivity index (χ2n) is 7.73. The Kier molecular flexibility index (Phi) is 6.04. The lowest BCUT2D eigenvalue weighted by Crippen LogP contribution is -2.44. The lowest BCUT2D eigenvalue weighted by molar-refractivity contribution is 0.133. The van der Waals surface area contributed by atoms with Gasteiger partial charge in [-0.3, -0.25) is 0 Å². The Hall–Kier alpha value is -2.86. The lowest BCUT2D eigenvalue weighted by atomic mass is 9.76. The fourth-order valence-electron chi connectivity index (χ4n) is 4.29. The summed E-state index contributed by atoms with van der Waals surface area (Å²) in [6.07, 6.45) is 2.59. The van der Waals surface area contributed by atoms with Gasteiger partial charge in [-0.1, -0.05) is 31.2 Å². The number of rotatable bonds is 5. The minimum absolute atomic E-state index is 0.0946. The van der Waals surface area contributed by atoms with Crippen LogP contribution in [-0.2, 0) is 0 Å². The Balaban J connectivity index is 1.66. The molecule has 0 spiro atoms. The largest absolute Gasteiger partial charge is 0.421 e. The second kappa shape index (κ2) is 8.88. The van der Waals surface area contributed by atoms with Gasteiger partial charge in [0, 0.05) is 24.7 Å². The van der Waals surface area contributed by atoms with Gasteiger partial charge >= 0.3 is 6.01 Å². The van der Waals surface area contributed by atoms with Crippen LogP contribution in [0.3, 0.4) is 0 Å².